The molecule has 2 amide bonds. The van der Waals surface area contributed by atoms with E-state index in [1.807, 2.05) is 30.3 Å². The van der Waals surface area contributed by atoms with Crippen LogP contribution in [0.5, 0.6) is 0 Å². The molecule has 0 aliphatic carbocycles. The lowest BCUT2D eigenvalue weighted by atomic mass is 10.1. The molecular weight excluding hydrogens is 266 g/mol. The SMILES string of the molecule is O=C1C[C@H]2CC[C@H](CN1)N2CC(=O)NCc1ccccc1. The molecule has 0 spiro atoms. The molecule has 2 bridgehead atoms. The number of rotatable bonds is 4. The van der Waals surface area contributed by atoms with E-state index in [9.17, 15) is 9.59 Å². The van der Waals surface area contributed by atoms with E-state index >= 15 is 0 Å². The van der Waals surface area contributed by atoms with Crippen molar-refractivity contribution in [1.29, 1.82) is 0 Å². The first kappa shape index (κ1) is 14.1. The van der Waals surface area contributed by atoms with Crippen molar-refractivity contribution < 1.29 is 9.59 Å². The Balaban J connectivity index is 1.54. The van der Waals surface area contributed by atoms with Gasteiger partial charge in [0.1, 0.15) is 0 Å². The zero-order valence-electron chi connectivity index (χ0n) is 12.0. The fourth-order valence-electron chi connectivity index (χ4n) is 3.25. The number of carbonyl (C=O) groups is 2. The number of benzene rings is 1. The molecule has 5 heteroatoms. The second-order valence-corrected chi connectivity index (χ2v) is 5.83. The Hall–Kier alpha value is -1.88. The monoisotopic (exact) mass is 287 g/mol. The molecule has 1 aromatic rings. The van der Waals surface area contributed by atoms with Crippen LogP contribution >= 0.6 is 0 Å². The number of hydrogen-bond acceptors (Lipinski definition) is 3. The van der Waals surface area contributed by atoms with Crippen LogP contribution in [0.15, 0.2) is 30.3 Å². The van der Waals surface area contributed by atoms with Gasteiger partial charge in [-0.15, -0.1) is 0 Å². The lowest BCUT2D eigenvalue weighted by molar-refractivity contribution is -0.124. The highest BCUT2D eigenvalue weighted by molar-refractivity contribution is 5.79. The summed E-state index contributed by atoms with van der Waals surface area (Å²) in [7, 11) is 0. The maximum atomic E-state index is 12.1. The molecule has 0 aromatic heterocycles. The minimum Gasteiger partial charge on any atom is -0.354 e. The maximum absolute atomic E-state index is 12.1. The largest absolute Gasteiger partial charge is 0.354 e. The second-order valence-electron chi connectivity index (χ2n) is 5.83. The Kier molecular flexibility index (Phi) is 4.20. The topological polar surface area (TPSA) is 61.4 Å². The van der Waals surface area contributed by atoms with Gasteiger partial charge < -0.3 is 10.6 Å². The smallest absolute Gasteiger partial charge is 0.234 e. The van der Waals surface area contributed by atoms with Crippen molar-refractivity contribution in [2.45, 2.75) is 37.9 Å². The van der Waals surface area contributed by atoms with E-state index in [0.717, 1.165) is 18.4 Å². The summed E-state index contributed by atoms with van der Waals surface area (Å²) in [6.45, 7) is 1.61. The molecule has 2 saturated heterocycles. The van der Waals surface area contributed by atoms with Crippen LogP contribution in [0.2, 0.25) is 0 Å². The van der Waals surface area contributed by atoms with Crippen LogP contribution in [-0.4, -0.2) is 41.9 Å². The molecule has 0 unspecified atom stereocenters. The summed E-state index contributed by atoms with van der Waals surface area (Å²) in [5, 5.41) is 5.89. The number of amides is 2. The number of nitrogens with one attached hydrogen (secondary N) is 2. The summed E-state index contributed by atoms with van der Waals surface area (Å²) in [4.78, 5) is 25.9. The summed E-state index contributed by atoms with van der Waals surface area (Å²) in [6, 6.07) is 10.4. The molecule has 2 aliphatic rings. The lowest BCUT2D eigenvalue weighted by Gasteiger charge is -2.26. The van der Waals surface area contributed by atoms with E-state index in [0.29, 0.717) is 32.1 Å². The van der Waals surface area contributed by atoms with Gasteiger partial charge in [-0.25, -0.2) is 0 Å². The van der Waals surface area contributed by atoms with Crippen LogP contribution < -0.4 is 10.6 Å². The van der Waals surface area contributed by atoms with Crippen molar-refractivity contribution in [3.63, 3.8) is 0 Å². The van der Waals surface area contributed by atoms with Crippen LogP contribution in [-0.2, 0) is 16.1 Å². The third-order valence-corrected chi connectivity index (χ3v) is 4.39. The zero-order chi connectivity index (χ0) is 14.7. The van der Waals surface area contributed by atoms with Gasteiger partial charge in [0.15, 0.2) is 0 Å². The Bertz CT molecular complexity index is 518. The summed E-state index contributed by atoms with van der Waals surface area (Å²) >= 11 is 0. The van der Waals surface area contributed by atoms with Crippen LogP contribution in [0.4, 0.5) is 0 Å². The first-order valence-electron chi connectivity index (χ1n) is 7.55. The average Bonchev–Trinajstić information content (AvgIpc) is 2.77. The van der Waals surface area contributed by atoms with Gasteiger partial charge >= 0.3 is 0 Å². The predicted molar refractivity (Wildman–Crippen MR) is 79.4 cm³/mol. The second kappa shape index (κ2) is 6.26. The number of carbonyl (C=O) groups excluding carboxylic acids is 2. The first-order chi connectivity index (χ1) is 10.2. The number of fused-ring (bicyclic) bond motifs is 2. The Morgan fingerprint density at radius 1 is 1.24 bits per heavy atom. The van der Waals surface area contributed by atoms with Crippen LogP contribution in [0.25, 0.3) is 0 Å². The minimum atomic E-state index is 0.0325. The van der Waals surface area contributed by atoms with E-state index in [4.69, 9.17) is 0 Å². The van der Waals surface area contributed by atoms with Crippen molar-refractivity contribution >= 4 is 11.8 Å². The van der Waals surface area contributed by atoms with Crippen molar-refractivity contribution in [2.24, 2.45) is 0 Å². The Labute approximate surface area is 124 Å². The third-order valence-electron chi connectivity index (χ3n) is 4.39. The molecule has 5 nitrogen and oxygen atoms in total. The van der Waals surface area contributed by atoms with E-state index < -0.39 is 0 Å². The number of nitrogens with zero attached hydrogens (tertiary/aromatic N) is 1. The summed E-state index contributed by atoms with van der Waals surface area (Å²) in [6.07, 6.45) is 2.60. The van der Waals surface area contributed by atoms with Gasteiger partial charge in [0.2, 0.25) is 11.8 Å². The highest BCUT2D eigenvalue weighted by Gasteiger charge is 2.38. The van der Waals surface area contributed by atoms with Crippen LogP contribution in [0.1, 0.15) is 24.8 Å². The molecule has 2 aliphatic heterocycles. The van der Waals surface area contributed by atoms with E-state index in [-0.39, 0.29) is 17.9 Å². The van der Waals surface area contributed by atoms with Gasteiger partial charge in [-0.05, 0) is 18.4 Å². The van der Waals surface area contributed by atoms with Gasteiger partial charge in [0.05, 0.1) is 6.54 Å². The molecule has 3 rings (SSSR count). The van der Waals surface area contributed by atoms with Crippen molar-refractivity contribution in [3.8, 4) is 0 Å². The molecule has 112 valence electrons. The lowest BCUT2D eigenvalue weighted by Crippen LogP contribution is -2.44. The molecular formula is C16H21N3O2. The fraction of sp³-hybridized carbons (Fsp3) is 0.500. The molecule has 0 saturated carbocycles. The van der Waals surface area contributed by atoms with Gasteiger partial charge in [0, 0.05) is 31.6 Å². The molecule has 21 heavy (non-hydrogen) atoms. The Morgan fingerprint density at radius 2 is 2.00 bits per heavy atom. The summed E-state index contributed by atoms with van der Waals surface area (Å²) in [5.74, 6) is 0.141. The quantitative estimate of drug-likeness (QED) is 0.855. The molecule has 2 atom stereocenters. The highest BCUT2D eigenvalue weighted by atomic mass is 16.2. The normalized spacial score (nSPS) is 25.2. The van der Waals surface area contributed by atoms with Gasteiger partial charge in [-0.3, -0.25) is 14.5 Å². The van der Waals surface area contributed by atoms with Crippen LogP contribution in [0, 0.1) is 0 Å². The minimum absolute atomic E-state index is 0.0325. The Morgan fingerprint density at radius 3 is 2.81 bits per heavy atom. The van der Waals surface area contributed by atoms with Crippen molar-refractivity contribution in [2.75, 3.05) is 13.1 Å². The van der Waals surface area contributed by atoms with E-state index in [1.165, 1.54) is 0 Å². The zero-order valence-corrected chi connectivity index (χ0v) is 12.0. The van der Waals surface area contributed by atoms with Crippen molar-refractivity contribution in [3.05, 3.63) is 35.9 Å². The maximum Gasteiger partial charge on any atom is 0.234 e. The fourth-order valence-corrected chi connectivity index (χ4v) is 3.25. The molecule has 2 fully saturated rings. The predicted octanol–water partition coefficient (Wildman–Crippen LogP) is 0.656. The molecule has 1 aromatic carbocycles. The van der Waals surface area contributed by atoms with Gasteiger partial charge in [-0.1, -0.05) is 30.3 Å². The van der Waals surface area contributed by atoms with E-state index in [2.05, 4.69) is 15.5 Å². The highest BCUT2D eigenvalue weighted by Crippen LogP contribution is 2.27. The molecule has 2 N–H and O–H groups in total. The molecule has 2 heterocycles. The molecule has 0 radical (unpaired) electrons. The van der Waals surface area contributed by atoms with Crippen molar-refractivity contribution in [1.82, 2.24) is 15.5 Å². The van der Waals surface area contributed by atoms with Gasteiger partial charge in [-0.2, -0.15) is 0 Å². The third kappa shape index (κ3) is 3.42. The average molecular weight is 287 g/mol. The van der Waals surface area contributed by atoms with Crippen LogP contribution in [0.3, 0.4) is 0 Å². The number of hydrogen-bond donors (Lipinski definition) is 2. The van der Waals surface area contributed by atoms with Gasteiger partial charge in [0.25, 0.3) is 0 Å². The summed E-state index contributed by atoms with van der Waals surface area (Å²) < 4.78 is 0. The van der Waals surface area contributed by atoms with E-state index in [1.54, 1.807) is 0 Å². The standard InChI is InChI=1S/C16H21N3O2/c20-15-8-13-6-7-14(10-18-15)19(13)11-16(21)17-9-12-4-2-1-3-5-12/h1-5,13-14H,6-11H2,(H,17,21)(H,18,20)/t13-,14-/m1/s1. The first-order valence-corrected chi connectivity index (χ1v) is 7.55. The summed E-state index contributed by atoms with van der Waals surface area (Å²) in [5.41, 5.74) is 1.10.